The summed E-state index contributed by atoms with van der Waals surface area (Å²) < 4.78 is 2.25. The van der Waals surface area contributed by atoms with E-state index >= 15 is 0 Å². The normalized spacial score (nSPS) is 16.1. The van der Waals surface area contributed by atoms with E-state index in [1.54, 1.807) is 0 Å². The van der Waals surface area contributed by atoms with Crippen LogP contribution < -0.4 is 5.32 Å². The van der Waals surface area contributed by atoms with Crippen LogP contribution in [0.5, 0.6) is 0 Å². The Morgan fingerprint density at radius 3 is 2.90 bits per heavy atom. The fourth-order valence-electron chi connectivity index (χ4n) is 2.90. The van der Waals surface area contributed by atoms with E-state index in [0.717, 1.165) is 30.4 Å². The number of nitrogens with zero attached hydrogens (tertiary/aromatic N) is 2. The summed E-state index contributed by atoms with van der Waals surface area (Å²) in [6.45, 7) is 6.23. The Morgan fingerprint density at radius 1 is 1.33 bits per heavy atom. The zero-order valence-corrected chi connectivity index (χ0v) is 13.0. The summed E-state index contributed by atoms with van der Waals surface area (Å²) in [7, 11) is 0. The Morgan fingerprint density at radius 2 is 2.19 bits per heavy atom. The molecule has 2 aromatic heterocycles. The molecule has 1 atom stereocenters. The van der Waals surface area contributed by atoms with E-state index in [1.807, 2.05) is 13.0 Å². The molecule has 112 valence electrons. The van der Waals surface area contributed by atoms with Gasteiger partial charge in [0.05, 0.1) is 12.2 Å². The van der Waals surface area contributed by atoms with Gasteiger partial charge in [0.1, 0.15) is 0 Å². The molecular weight excluding hydrogens is 258 g/mol. The third kappa shape index (κ3) is 3.73. The van der Waals surface area contributed by atoms with E-state index in [0.29, 0.717) is 6.04 Å². The summed E-state index contributed by atoms with van der Waals surface area (Å²) in [5.74, 6) is 0.837. The van der Waals surface area contributed by atoms with Crippen molar-refractivity contribution >= 4 is 0 Å². The predicted molar refractivity (Wildman–Crippen MR) is 86.3 cm³/mol. The molecule has 3 rings (SSSR count). The Balaban J connectivity index is 1.70. The van der Waals surface area contributed by atoms with Gasteiger partial charge >= 0.3 is 0 Å². The quantitative estimate of drug-likeness (QED) is 0.840. The summed E-state index contributed by atoms with van der Waals surface area (Å²) >= 11 is 0. The van der Waals surface area contributed by atoms with Crippen LogP contribution in [0.4, 0.5) is 0 Å². The van der Waals surface area contributed by atoms with Gasteiger partial charge in [-0.3, -0.25) is 4.98 Å². The Bertz CT molecular complexity index is 584. The van der Waals surface area contributed by atoms with Crippen molar-refractivity contribution < 1.29 is 0 Å². The van der Waals surface area contributed by atoms with E-state index in [2.05, 4.69) is 52.4 Å². The van der Waals surface area contributed by atoms with E-state index in [-0.39, 0.29) is 0 Å². The van der Waals surface area contributed by atoms with Gasteiger partial charge in [0.25, 0.3) is 0 Å². The summed E-state index contributed by atoms with van der Waals surface area (Å²) in [6.07, 6.45) is 8.40. The second kappa shape index (κ2) is 6.44. The number of rotatable bonds is 7. The average molecular weight is 283 g/mol. The highest BCUT2D eigenvalue weighted by molar-refractivity contribution is 5.20. The highest BCUT2D eigenvalue weighted by Crippen LogP contribution is 2.41. The van der Waals surface area contributed by atoms with Crippen molar-refractivity contribution in [2.45, 2.75) is 45.7 Å². The number of hydrogen-bond donors (Lipinski definition) is 1. The van der Waals surface area contributed by atoms with Crippen molar-refractivity contribution in [3.05, 3.63) is 53.6 Å². The fourth-order valence-corrected chi connectivity index (χ4v) is 2.90. The van der Waals surface area contributed by atoms with Crippen LogP contribution >= 0.6 is 0 Å². The summed E-state index contributed by atoms with van der Waals surface area (Å²) in [4.78, 5) is 4.58. The molecule has 1 saturated carbocycles. The highest BCUT2D eigenvalue weighted by Gasteiger charge is 2.32. The van der Waals surface area contributed by atoms with Crippen molar-refractivity contribution in [3.63, 3.8) is 0 Å². The van der Waals surface area contributed by atoms with E-state index in [1.165, 1.54) is 24.8 Å². The largest absolute Gasteiger partial charge is 0.348 e. The van der Waals surface area contributed by atoms with Crippen LogP contribution in [-0.2, 0) is 6.54 Å². The lowest BCUT2D eigenvalue weighted by Crippen LogP contribution is -2.23. The van der Waals surface area contributed by atoms with E-state index in [4.69, 9.17) is 0 Å². The zero-order chi connectivity index (χ0) is 14.7. The SMILES string of the molecule is CCCNC(c1ccn(Cc2cccc(C)n2)c1)C1CC1. The van der Waals surface area contributed by atoms with Crippen LogP contribution in [0, 0.1) is 12.8 Å². The van der Waals surface area contributed by atoms with Gasteiger partial charge in [0, 0.05) is 24.1 Å². The molecule has 1 unspecified atom stereocenters. The van der Waals surface area contributed by atoms with Crippen molar-refractivity contribution in [3.8, 4) is 0 Å². The molecule has 1 N–H and O–H groups in total. The third-order valence-electron chi connectivity index (χ3n) is 4.13. The van der Waals surface area contributed by atoms with Gasteiger partial charge < -0.3 is 9.88 Å². The van der Waals surface area contributed by atoms with Gasteiger partial charge in [0.2, 0.25) is 0 Å². The lowest BCUT2D eigenvalue weighted by atomic mass is 10.1. The van der Waals surface area contributed by atoms with Crippen molar-refractivity contribution in [2.24, 2.45) is 5.92 Å². The number of nitrogens with one attached hydrogen (secondary N) is 1. The molecule has 3 nitrogen and oxygen atoms in total. The molecule has 0 aliphatic heterocycles. The minimum Gasteiger partial charge on any atom is -0.348 e. The average Bonchev–Trinajstić information content (AvgIpc) is 3.20. The molecule has 21 heavy (non-hydrogen) atoms. The lowest BCUT2D eigenvalue weighted by molar-refractivity contribution is 0.480. The van der Waals surface area contributed by atoms with Crippen molar-refractivity contribution in [1.82, 2.24) is 14.9 Å². The fraction of sp³-hybridized carbons (Fsp3) is 0.500. The lowest BCUT2D eigenvalue weighted by Gasteiger charge is -2.16. The maximum absolute atomic E-state index is 4.58. The van der Waals surface area contributed by atoms with Crippen LogP contribution in [0.25, 0.3) is 0 Å². The molecule has 2 heterocycles. The van der Waals surface area contributed by atoms with Crippen LogP contribution in [0.15, 0.2) is 36.7 Å². The first-order valence-corrected chi connectivity index (χ1v) is 8.08. The molecule has 1 aliphatic rings. The molecule has 0 amide bonds. The predicted octanol–water partition coefficient (Wildman–Crippen LogP) is 3.69. The van der Waals surface area contributed by atoms with Crippen LogP contribution in [0.3, 0.4) is 0 Å². The first-order valence-electron chi connectivity index (χ1n) is 8.08. The van der Waals surface area contributed by atoms with Gasteiger partial charge in [-0.2, -0.15) is 0 Å². The topological polar surface area (TPSA) is 29.9 Å². The first-order chi connectivity index (χ1) is 10.3. The molecule has 0 saturated heterocycles. The molecule has 1 fully saturated rings. The van der Waals surface area contributed by atoms with Gasteiger partial charge in [-0.25, -0.2) is 0 Å². The van der Waals surface area contributed by atoms with Crippen molar-refractivity contribution in [2.75, 3.05) is 6.54 Å². The number of aromatic nitrogens is 2. The number of pyridine rings is 1. The summed E-state index contributed by atoms with van der Waals surface area (Å²) in [5.41, 5.74) is 3.64. The molecule has 0 bridgehead atoms. The molecule has 3 heteroatoms. The van der Waals surface area contributed by atoms with Gasteiger partial charge in [-0.1, -0.05) is 13.0 Å². The Kier molecular flexibility index (Phi) is 4.39. The second-order valence-electron chi connectivity index (χ2n) is 6.16. The Labute approximate surface area is 127 Å². The molecule has 1 aliphatic carbocycles. The minimum atomic E-state index is 0.539. The van der Waals surface area contributed by atoms with E-state index < -0.39 is 0 Å². The summed E-state index contributed by atoms with van der Waals surface area (Å²) in [5, 5.41) is 3.70. The maximum atomic E-state index is 4.58. The second-order valence-corrected chi connectivity index (χ2v) is 6.16. The van der Waals surface area contributed by atoms with Gasteiger partial charge in [0.15, 0.2) is 0 Å². The maximum Gasteiger partial charge on any atom is 0.0642 e. The molecular formula is C18H25N3. The molecule has 2 aromatic rings. The standard InChI is InChI=1S/C18H25N3/c1-3-10-19-18(15-7-8-15)16-9-11-21(12-16)13-17-6-4-5-14(2)20-17/h4-6,9,11-12,15,18-19H,3,7-8,10,13H2,1-2H3. The van der Waals surface area contributed by atoms with Crippen LogP contribution in [-0.4, -0.2) is 16.1 Å². The third-order valence-corrected chi connectivity index (χ3v) is 4.13. The van der Waals surface area contributed by atoms with E-state index in [9.17, 15) is 0 Å². The van der Waals surface area contributed by atoms with Crippen LogP contribution in [0.2, 0.25) is 0 Å². The zero-order valence-electron chi connectivity index (χ0n) is 13.0. The number of aryl methyl sites for hydroxylation is 1. The Hall–Kier alpha value is -1.61. The van der Waals surface area contributed by atoms with Gasteiger partial charge in [-0.05, 0) is 62.4 Å². The summed E-state index contributed by atoms with van der Waals surface area (Å²) in [6, 6.07) is 9.03. The minimum absolute atomic E-state index is 0.539. The molecule has 0 radical (unpaired) electrons. The smallest absolute Gasteiger partial charge is 0.0642 e. The monoisotopic (exact) mass is 283 g/mol. The van der Waals surface area contributed by atoms with Crippen molar-refractivity contribution in [1.29, 1.82) is 0 Å². The van der Waals surface area contributed by atoms with Crippen LogP contribution in [0.1, 0.15) is 49.2 Å². The molecule has 0 spiro atoms. The number of hydrogen-bond acceptors (Lipinski definition) is 2. The highest BCUT2D eigenvalue weighted by atomic mass is 15.0. The molecule has 0 aromatic carbocycles. The van der Waals surface area contributed by atoms with Gasteiger partial charge in [-0.15, -0.1) is 0 Å². The first kappa shape index (κ1) is 14.3.